The first kappa shape index (κ1) is 17.3. The predicted molar refractivity (Wildman–Crippen MR) is 83.8 cm³/mol. The van der Waals surface area contributed by atoms with Crippen LogP contribution in [-0.2, 0) is 9.59 Å². The lowest BCUT2D eigenvalue weighted by molar-refractivity contribution is -0.126. The zero-order valence-electron chi connectivity index (χ0n) is 12.9. The van der Waals surface area contributed by atoms with Crippen molar-refractivity contribution in [3.8, 4) is 5.75 Å². The summed E-state index contributed by atoms with van der Waals surface area (Å²) in [6, 6.07) is 2.78. The number of hydrogen-bond acceptors (Lipinski definition) is 3. The van der Waals surface area contributed by atoms with Gasteiger partial charge in [-0.05, 0) is 24.5 Å². The molecule has 1 rings (SSSR count). The van der Waals surface area contributed by atoms with E-state index in [2.05, 4.69) is 10.6 Å². The van der Waals surface area contributed by atoms with E-state index in [1.54, 1.807) is 12.1 Å². The van der Waals surface area contributed by atoms with Crippen molar-refractivity contribution in [3.05, 3.63) is 22.7 Å². The molecule has 0 aliphatic carbocycles. The molecule has 1 aromatic rings. The first-order valence-corrected chi connectivity index (χ1v) is 7.06. The Morgan fingerprint density at radius 3 is 2.38 bits per heavy atom. The fraction of sp³-hybridized carbons (Fsp3) is 0.467. The molecular weight excluding hydrogens is 292 g/mol. The number of methoxy groups -OCH3 is 1. The largest absolute Gasteiger partial charge is 0.495 e. The molecule has 5 nitrogen and oxygen atoms in total. The summed E-state index contributed by atoms with van der Waals surface area (Å²) < 4.78 is 5.22. The van der Waals surface area contributed by atoms with E-state index in [0.29, 0.717) is 16.5 Å². The maximum Gasteiger partial charge on any atom is 0.247 e. The van der Waals surface area contributed by atoms with Gasteiger partial charge in [0.05, 0.1) is 12.8 Å². The van der Waals surface area contributed by atoms with Gasteiger partial charge in [0.1, 0.15) is 11.8 Å². The smallest absolute Gasteiger partial charge is 0.247 e. The molecule has 1 atom stereocenters. The molecule has 0 saturated carbocycles. The van der Waals surface area contributed by atoms with Crippen LogP contribution in [0.3, 0.4) is 0 Å². The summed E-state index contributed by atoms with van der Waals surface area (Å²) in [5.74, 6) is -0.0964. The number of hydrogen-bond donors (Lipinski definition) is 2. The van der Waals surface area contributed by atoms with Crippen molar-refractivity contribution in [2.75, 3.05) is 12.4 Å². The molecule has 116 valence electrons. The fourth-order valence-corrected chi connectivity index (χ4v) is 2.05. The van der Waals surface area contributed by atoms with E-state index in [1.807, 2.05) is 20.8 Å². The van der Waals surface area contributed by atoms with Crippen LogP contribution in [0.4, 0.5) is 5.69 Å². The van der Waals surface area contributed by atoms with Crippen molar-refractivity contribution in [1.82, 2.24) is 5.32 Å². The Morgan fingerprint density at radius 2 is 1.90 bits per heavy atom. The van der Waals surface area contributed by atoms with Crippen LogP contribution in [0, 0.1) is 12.8 Å². The van der Waals surface area contributed by atoms with Gasteiger partial charge in [-0.15, -0.1) is 0 Å². The lowest BCUT2D eigenvalue weighted by Gasteiger charge is -2.22. The first-order chi connectivity index (χ1) is 9.76. The topological polar surface area (TPSA) is 67.4 Å². The number of anilines is 1. The van der Waals surface area contributed by atoms with Gasteiger partial charge in [0.2, 0.25) is 11.8 Å². The predicted octanol–water partition coefficient (Wildman–Crippen LogP) is 2.76. The average Bonchev–Trinajstić information content (AvgIpc) is 2.39. The molecule has 1 aromatic carbocycles. The molecule has 0 saturated heterocycles. The second-order valence-electron chi connectivity index (χ2n) is 5.21. The number of ether oxygens (including phenoxy) is 1. The molecule has 0 fully saturated rings. The number of carbonyl (C=O) groups is 2. The van der Waals surface area contributed by atoms with Crippen molar-refractivity contribution in [3.63, 3.8) is 0 Å². The molecule has 0 heterocycles. The average molecular weight is 313 g/mol. The van der Waals surface area contributed by atoms with Gasteiger partial charge in [0.15, 0.2) is 0 Å². The summed E-state index contributed by atoms with van der Waals surface area (Å²) >= 11 is 6.03. The maximum atomic E-state index is 12.3. The van der Waals surface area contributed by atoms with Gasteiger partial charge < -0.3 is 15.4 Å². The van der Waals surface area contributed by atoms with Crippen LogP contribution in [0.1, 0.15) is 26.3 Å². The van der Waals surface area contributed by atoms with E-state index in [-0.39, 0.29) is 17.7 Å². The highest BCUT2D eigenvalue weighted by Gasteiger charge is 2.24. The monoisotopic (exact) mass is 312 g/mol. The van der Waals surface area contributed by atoms with E-state index in [9.17, 15) is 9.59 Å². The van der Waals surface area contributed by atoms with Crippen LogP contribution in [0.2, 0.25) is 5.02 Å². The number of halogens is 1. The molecule has 0 aromatic heterocycles. The third-order valence-electron chi connectivity index (χ3n) is 3.05. The summed E-state index contributed by atoms with van der Waals surface area (Å²) in [4.78, 5) is 23.5. The molecule has 0 aliphatic rings. The minimum absolute atomic E-state index is 0.0340. The van der Waals surface area contributed by atoms with Gasteiger partial charge in [-0.1, -0.05) is 25.4 Å². The molecule has 0 radical (unpaired) electrons. The number of nitrogens with one attached hydrogen (secondary N) is 2. The molecule has 0 unspecified atom stereocenters. The van der Waals surface area contributed by atoms with E-state index in [1.165, 1.54) is 14.0 Å². The highest BCUT2D eigenvalue weighted by Crippen LogP contribution is 2.31. The van der Waals surface area contributed by atoms with E-state index in [4.69, 9.17) is 16.3 Å². The van der Waals surface area contributed by atoms with Crippen LogP contribution >= 0.6 is 11.6 Å². The molecule has 2 amide bonds. The summed E-state index contributed by atoms with van der Waals surface area (Å²) in [5.41, 5.74) is 1.36. The zero-order valence-corrected chi connectivity index (χ0v) is 13.7. The van der Waals surface area contributed by atoms with Gasteiger partial charge >= 0.3 is 0 Å². The van der Waals surface area contributed by atoms with Crippen molar-refractivity contribution in [2.24, 2.45) is 5.92 Å². The summed E-state index contributed by atoms with van der Waals surface area (Å²) in [5, 5.41) is 5.99. The number of amides is 2. The van der Waals surface area contributed by atoms with Gasteiger partial charge in [-0.25, -0.2) is 0 Å². The molecule has 6 heteroatoms. The standard InChI is InChI=1S/C15H21ClN2O3/c1-8(2)14(17-10(4)19)15(20)18-12-6-9(3)11(16)7-13(12)21-5/h6-8,14H,1-5H3,(H,17,19)(H,18,20)/t14-/m0/s1. The number of aryl methyl sites for hydroxylation is 1. The second-order valence-corrected chi connectivity index (χ2v) is 5.62. The Balaban J connectivity index is 3.00. The molecule has 2 N–H and O–H groups in total. The normalized spacial score (nSPS) is 12.0. The number of benzene rings is 1. The summed E-state index contributed by atoms with van der Waals surface area (Å²) in [6.07, 6.45) is 0. The minimum atomic E-state index is -0.608. The molecule has 0 aliphatic heterocycles. The quantitative estimate of drug-likeness (QED) is 0.878. The number of carbonyl (C=O) groups excluding carboxylic acids is 2. The SMILES string of the molecule is COc1cc(Cl)c(C)cc1NC(=O)[C@@H](NC(C)=O)C(C)C. The zero-order chi connectivity index (χ0) is 16.2. The fourth-order valence-electron chi connectivity index (χ4n) is 1.89. The van der Waals surface area contributed by atoms with E-state index >= 15 is 0 Å². The highest BCUT2D eigenvalue weighted by molar-refractivity contribution is 6.31. The lowest BCUT2D eigenvalue weighted by Crippen LogP contribution is -2.46. The highest BCUT2D eigenvalue weighted by atomic mass is 35.5. The maximum absolute atomic E-state index is 12.3. The Morgan fingerprint density at radius 1 is 1.29 bits per heavy atom. The Hall–Kier alpha value is -1.75. The van der Waals surface area contributed by atoms with Crippen LogP contribution in [0.15, 0.2) is 12.1 Å². The van der Waals surface area contributed by atoms with Gasteiger partial charge in [-0.3, -0.25) is 9.59 Å². The van der Waals surface area contributed by atoms with Crippen LogP contribution in [-0.4, -0.2) is 25.0 Å². The Kier molecular flexibility index (Phi) is 6.03. The third-order valence-corrected chi connectivity index (χ3v) is 3.45. The molecule has 0 bridgehead atoms. The lowest BCUT2D eigenvalue weighted by atomic mass is 10.0. The van der Waals surface area contributed by atoms with Crippen molar-refractivity contribution >= 4 is 29.1 Å². The molecule has 21 heavy (non-hydrogen) atoms. The number of rotatable bonds is 5. The second kappa shape index (κ2) is 7.31. The van der Waals surface area contributed by atoms with E-state index in [0.717, 1.165) is 5.56 Å². The van der Waals surface area contributed by atoms with Gasteiger partial charge in [0.25, 0.3) is 0 Å². The first-order valence-electron chi connectivity index (χ1n) is 6.68. The Bertz CT molecular complexity index is 544. The van der Waals surface area contributed by atoms with Crippen LogP contribution in [0.5, 0.6) is 5.75 Å². The molecule has 0 spiro atoms. The summed E-state index contributed by atoms with van der Waals surface area (Å²) in [6.45, 7) is 6.95. The van der Waals surface area contributed by atoms with Gasteiger partial charge in [-0.2, -0.15) is 0 Å². The van der Waals surface area contributed by atoms with Crippen molar-refractivity contribution in [1.29, 1.82) is 0 Å². The van der Waals surface area contributed by atoms with Crippen LogP contribution < -0.4 is 15.4 Å². The third kappa shape index (κ3) is 4.63. The van der Waals surface area contributed by atoms with Gasteiger partial charge in [0, 0.05) is 18.0 Å². The van der Waals surface area contributed by atoms with Crippen molar-refractivity contribution in [2.45, 2.75) is 33.7 Å². The van der Waals surface area contributed by atoms with Crippen LogP contribution in [0.25, 0.3) is 0 Å². The summed E-state index contributed by atoms with van der Waals surface area (Å²) in [7, 11) is 1.50. The molecular formula is C15H21ClN2O3. The Labute approximate surface area is 130 Å². The van der Waals surface area contributed by atoms with E-state index < -0.39 is 6.04 Å². The minimum Gasteiger partial charge on any atom is -0.495 e. The van der Waals surface area contributed by atoms with Crippen molar-refractivity contribution < 1.29 is 14.3 Å².